The van der Waals surface area contributed by atoms with Gasteiger partial charge in [-0.15, -0.1) is 4.72 Å². The average Bonchev–Trinajstić information content (AvgIpc) is 3.02. The van der Waals surface area contributed by atoms with Crippen molar-refractivity contribution in [3.8, 4) is 0 Å². The van der Waals surface area contributed by atoms with Crippen molar-refractivity contribution in [2.75, 3.05) is 0 Å². The molecule has 3 aromatic rings. The van der Waals surface area contributed by atoms with Crippen molar-refractivity contribution in [2.24, 2.45) is 0 Å². The Morgan fingerprint density at radius 1 is 1.16 bits per heavy atom. The quantitative estimate of drug-likeness (QED) is 0.518. The molecule has 31 heavy (non-hydrogen) atoms. The number of aryl methyl sites for hydroxylation is 1. The van der Waals surface area contributed by atoms with Crippen molar-refractivity contribution >= 4 is 43.9 Å². The second-order valence-electron chi connectivity index (χ2n) is 9.05. The molecule has 1 aromatic heterocycles. The summed E-state index contributed by atoms with van der Waals surface area (Å²) in [5.74, 6) is 0. The molecule has 0 unspecified atom stereocenters. The molecular weight excluding hydrogens is 452 g/mol. The maximum absolute atomic E-state index is 13.7. The Bertz CT molecular complexity index is 1230. The Morgan fingerprint density at radius 2 is 1.84 bits per heavy atom. The summed E-state index contributed by atoms with van der Waals surface area (Å²) in [5.41, 5.74) is 3.23. The largest absolute Gasteiger partial charge is 0.598 e. The summed E-state index contributed by atoms with van der Waals surface area (Å²) < 4.78 is 44.6. The first-order valence-corrected chi connectivity index (χ1v) is 13.3. The normalized spacial score (nSPS) is 18.2. The lowest BCUT2D eigenvalue weighted by atomic mass is 9.91. The third-order valence-corrected chi connectivity index (χ3v) is 9.25. The van der Waals surface area contributed by atoms with Gasteiger partial charge in [-0.3, -0.25) is 0 Å². The van der Waals surface area contributed by atoms with E-state index in [0.29, 0.717) is 17.0 Å². The van der Waals surface area contributed by atoms with E-state index in [2.05, 4.69) is 4.72 Å². The summed E-state index contributed by atoms with van der Waals surface area (Å²) in [4.78, 5) is 0.251. The highest BCUT2D eigenvalue weighted by Gasteiger charge is 2.36. The molecule has 0 aliphatic heterocycles. The van der Waals surface area contributed by atoms with E-state index in [-0.39, 0.29) is 10.9 Å². The van der Waals surface area contributed by atoms with E-state index in [1.165, 1.54) is 3.97 Å². The maximum atomic E-state index is 13.7. The molecule has 0 saturated heterocycles. The fourth-order valence-electron chi connectivity index (χ4n) is 4.07. The standard InChI is InChI=1S/C23H27ClN2O3S2/c1-15-8-11-17(12-9-15)31(28,29)26-20-13-10-16(24)14-18(20)22-19(6-5-7-21(22)26)25-30(27)23(2,3)4/h8-14,19,25H,5-7H2,1-4H3/t19-,30-/m1/s1. The molecule has 4 rings (SSSR count). The zero-order chi connectivity index (χ0) is 22.6. The van der Waals surface area contributed by atoms with E-state index >= 15 is 0 Å². The number of rotatable bonds is 4. The van der Waals surface area contributed by atoms with Crippen LogP contribution < -0.4 is 4.72 Å². The van der Waals surface area contributed by atoms with Gasteiger partial charge in [0.2, 0.25) is 0 Å². The Hall–Kier alpha value is -1.51. The summed E-state index contributed by atoms with van der Waals surface area (Å²) in [6, 6.07) is 12.0. The van der Waals surface area contributed by atoms with Gasteiger partial charge in [0.15, 0.2) is 0 Å². The lowest BCUT2D eigenvalue weighted by Gasteiger charge is -2.30. The van der Waals surface area contributed by atoms with Crippen molar-refractivity contribution in [1.82, 2.24) is 8.69 Å². The van der Waals surface area contributed by atoms with Crippen LogP contribution in [0.2, 0.25) is 5.02 Å². The highest BCUT2D eigenvalue weighted by Crippen LogP contribution is 2.41. The van der Waals surface area contributed by atoms with Crippen LogP contribution in [0.4, 0.5) is 0 Å². The van der Waals surface area contributed by atoms with Crippen LogP contribution >= 0.6 is 11.6 Å². The molecule has 8 heteroatoms. The molecule has 0 amide bonds. The van der Waals surface area contributed by atoms with Crippen LogP contribution in [0.15, 0.2) is 47.4 Å². The summed E-state index contributed by atoms with van der Waals surface area (Å²) in [6.07, 6.45) is 2.22. The molecule has 0 saturated carbocycles. The van der Waals surface area contributed by atoms with E-state index in [0.717, 1.165) is 35.0 Å². The van der Waals surface area contributed by atoms with Gasteiger partial charge in [0.1, 0.15) is 4.75 Å². The second-order valence-corrected chi connectivity index (χ2v) is 13.3. The first-order valence-electron chi connectivity index (χ1n) is 10.3. The highest BCUT2D eigenvalue weighted by atomic mass is 35.5. The number of aromatic nitrogens is 1. The molecule has 0 spiro atoms. The molecule has 1 N–H and O–H groups in total. The van der Waals surface area contributed by atoms with Crippen LogP contribution in [0.25, 0.3) is 10.9 Å². The number of hydrogen-bond donors (Lipinski definition) is 1. The van der Waals surface area contributed by atoms with Crippen molar-refractivity contribution < 1.29 is 13.0 Å². The lowest BCUT2D eigenvalue weighted by Crippen LogP contribution is -2.42. The first-order chi connectivity index (χ1) is 14.5. The van der Waals surface area contributed by atoms with Gasteiger partial charge in [-0.05, 0) is 77.3 Å². The van der Waals surface area contributed by atoms with Crippen molar-refractivity contribution in [1.29, 1.82) is 0 Å². The van der Waals surface area contributed by atoms with E-state index in [4.69, 9.17) is 11.6 Å². The molecule has 0 bridgehead atoms. The molecule has 0 fully saturated rings. The fourth-order valence-corrected chi connectivity index (χ4v) is 6.68. The predicted octanol–water partition coefficient (Wildman–Crippen LogP) is 5.27. The van der Waals surface area contributed by atoms with Gasteiger partial charge in [-0.25, -0.2) is 12.4 Å². The minimum atomic E-state index is -3.80. The van der Waals surface area contributed by atoms with E-state index < -0.39 is 26.1 Å². The zero-order valence-corrected chi connectivity index (χ0v) is 20.5. The van der Waals surface area contributed by atoms with E-state index in [1.807, 2.05) is 33.8 Å². The number of fused-ring (bicyclic) bond motifs is 3. The van der Waals surface area contributed by atoms with Crippen LogP contribution in [0.3, 0.4) is 0 Å². The van der Waals surface area contributed by atoms with E-state index in [1.54, 1.807) is 36.4 Å². The topological polar surface area (TPSA) is 74.2 Å². The third-order valence-electron chi connectivity index (χ3n) is 5.64. The average molecular weight is 479 g/mol. The van der Waals surface area contributed by atoms with Gasteiger partial charge >= 0.3 is 0 Å². The molecule has 1 aliphatic carbocycles. The minimum Gasteiger partial charge on any atom is -0.598 e. The van der Waals surface area contributed by atoms with Crippen molar-refractivity contribution in [3.63, 3.8) is 0 Å². The summed E-state index contributed by atoms with van der Waals surface area (Å²) in [6.45, 7) is 7.68. The van der Waals surface area contributed by atoms with Gasteiger partial charge in [0, 0.05) is 33.0 Å². The van der Waals surface area contributed by atoms with Gasteiger partial charge in [-0.2, -0.15) is 0 Å². The SMILES string of the molecule is Cc1ccc(S(=O)(=O)n2c3c(c4cc(Cl)ccc42)[C@H](N[S@+]([O-])C(C)(C)C)CCC3)cc1. The Morgan fingerprint density at radius 3 is 2.48 bits per heavy atom. The molecule has 2 aromatic carbocycles. The zero-order valence-electron chi connectivity index (χ0n) is 18.1. The summed E-state index contributed by atoms with van der Waals surface area (Å²) in [5, 5.41) is 1.34. The number of nitrogens with zero attached hydrogens (tertiary/aromatic N) is 1. The van der Waals surface area contributed by atoms with E-state index in [9.17, 15) is 13.0 Å². The van der Waals surface area contributed by atoms with Crippen molar-refractivity contribution in [2.45, 2.75) is 62.6 Å². The number of hydrogen-bond acceptors (Lipinski definition) is 4. The van der Waals surface area contributed by atoms with Crippen LogP contribution in [-0.4, -0.2) is 21.7 Å². The molecule has 2 atom stereocenters. The second kappa shape index (κ2) is 8.12. The molecule has 0 radical (unpaired) electrons. The van der Waals surface area contributed by atoms with Crippen LogP contribution in [0, 0.1) is 6.92 Å². The predicted molar refractivity (Wildman–Crippen MR) is 127 cm³/mol. The van der Waals surface area contributed by atoms with Crippen LogP contribution in [0.5, 0.6) is 0 Å². The molecule has 166 valence electrons. The molecule has 1 heterocycles. The maximum Gasteiger partial charge on any atom is 0.268 e. The highest BCUT2D eigenvalue weighted by molar-refractivity contribution is 7.91. The summed E-state index contributed by atoms with van der Waals surface area (Å²) >= 11 is 5.02. The first kappa shape index (κ1) is 22.7. The van der Waals surface area contributed by atoms with Crippen molar-refractivity contribution in [3.05, 3.63) is 64.3 Å². The van der Waals surface area contributed by atoms with Gasteiger partial charge in [0.05, 0.1) is 16.5 Å². The Kier molecular flexibility index (Phi) is 5.94. The van der Waals surface area contributed by atoms with Crippen LogP contribution in [-0.2, 0) is 27.8 Å². The molecule has 1 aliphatic rings. The number of halogens is 1. The summed E-state index contributed by atoms with van der Waals surface area (Å²) in [7, 11) is -3.80. The number of nitrogens with one attached hydrogen (secondary N) is 1. The molecule has 5 nitrogen and oxygen atoms in total. The van der Waals surface area contributed by atoms with Crippen LogP contribution in [0.1, 0.15) is 56.5 Å². The Balaban J connectivity index is 1.94. The lowest BCUT2D eigenvalue weighted by molar-refractivity contribution is 0.488. The third kappa shape index (κ3) is 4.14. The smallest absolute Gasteiger partial charge is 0.268 e. The minimum absolute atomic E-state index is 0.209. The number of benzene rings is 2. The van der Waals surface area contributed by atoms with Gasteiger partial charge < -0.3 is 4.55 Å². The Labute approximate surface area is 192 Å². The molecular formula is C23H27ClN2O3S2. The van der Waals surface area contributed by atoms with Gasteiger partial charge in [-0.1, -0.05) is 29.3 Å². The fraction of sp³-hybridized carbons (Fsp3) is 0.391. The monoisotopic (exact) mass is 478 g/mol. The van der Waals surface area contributed by atoms with Gasteiger partial charge in [0.25, 0.3) is 10.0 Å².